The number of rotatable bonds is 4. The van der Waals surface area contributed by atoms with E-state index in [1.54, 1.807) is 0 Å². The topological polar surface area (TPSA) is 0 Å². The Labute approximate surface area is 90.5 Å². The zero-order valence-electron chi connectivity index (χ0n) is 11.0. The van der Waals surface area contributed by atoms with E-state index < -0.39 is 0 Å². The lowest BCUT2D eigenvalue weighted by Gasteiger charge is -2.24. The van der Waals surface area contributed by atoms with Crippen LogP contribution in [0.15, 0.2) is 0 Å². The molecule has 0 N–H and O–H groups in total. The van der Waals surface area contributed by atoms with Crippen LogP contribution >= 0.6 is 0 Å². The molecule has 0 heterocycles. The van der Waals surface area contributed by atoms with Crippen LogP contribution in [0.5, 0.6) is 0 Å². The maximum Gasteiger partial charge on any atom is -0.0324 e. The molecule has 0 spiro atoms. The lowest BCUT2D eigenvalue weighted by molar-refractivity contribution is 0.248. The first kappa shape index (κ1) is 12.1. The Bertz CT molecular complexity index is 170. The van der Waals surface area contributed by atoms with Gasteiger partial charge in [-0.2, -0.15) is 0 Å². The Morgan fingerprint density at radius 3 is 1.57 bits per heavy atom. The van der Waals surface area contributed by atoms with Crippen LogP contribution < -0.4 is 0 Å². The molecule has 0 aromatic rings. The molecule has 5 atom stereocenters. The highest BCUT2D eigenvalue weighted by molar-refractivity contribution is 4.99. The number of hydrogen-bond donors (Lipinski definition) is 0. The highest BCUT2D eigenvalue weighted by atomic mass is 14.6. The Morgan fingerprint density at radius 1 is 0.786 bits per heavy atom. The largest absolute Gasteiger partial charge is 0.0625 e. The van der Waals surface area contributed by atoms with Crippen molar-refractivity contribution in [2.45, 2.75) is 48.5 Å². The van der Waals surface area contributed by atoms with E-state index >= 15 is 0 Å². The van der Waals surface area contributed by atoms with Crippen molar-refractivity contribution in [2.24, 2.45) is 41.4 Å². The standard InChI is InChI=1S/C14H28/c1-8(2)10(5)11(6)14-12(7)13(14)9(3)4/h8-14H,1-7H3. The molecule has 1 aliphatic carbocycles. The van der Waals surface area contributed by atoms with Crippen molar-refractivity contribution in [1.29, 1.82) is 0 Å². The van der Waals surface area contributed by atoms with E-state index in [9.17, 15) is 0 Å². The summed E-state index contributed by atoms with van der Waals surface area (Å²) < 4.78 is 0. The summed E-state index contributed by atoms with van der Waals surface area (Å²) in [4.78, 5) is 0. The van der Waals surface area contributed by atoms with Crippen LogP contribution in [0.1, 0.15) is 48.5 Å². The maximum atomic E-state index is 2.47. The fraction of sp³-hybridized carbons (Fsp3) is 1.00. The molecule has 1 saturated carbocycles. The van der Waals surface area contributed by atoms with Gasteiger partial charge in [0.2, 0.25) is 0 Å². The molecule has 0 amide bonds. The van der Waals surface area contributed by atoms with Crippen LogP contribution in [-0.4, -0.2) is 0 Å². The van der Waals surface area contributed by atoms with Crippen molar-refractivity contribution in [3.63, 3.8) is 0 Å². The molecule has 1 aliphatic rings. The Balaban J connectivity index is 2.52. The zero-order chi connectivity index (χ0) is 11.0. The molecule has 0 radical (unpaired) electrons. The molecule has 0 bridgehead atoms. The predicted molar refractivity (Wildman–Crippen MR) is 64.1 cm³/mol. The van der Waals surface area contributed by atoms with Gasteiger partial charge in [-0.25, -0.2) is 0 Å². The minimum Gasteiger partial charge on any atom is -0.0625 e. The van der Waals surface area contributed by atoms with Crippen molar-refractivity contribution in [1.82, 2.24) is 0 Å². The second-order valence-electron chi connectivity index (χ2n) is 6.22. The van der Waals surface area contributed by atoms with Gasteiger partial charge in [-0.15, -0.1) is 0 Å². The molecule has 0 aliphatic heterocycles. The molecule has 0 aromatic heterocycles. The van der Waals surface area contributed by atoms with Crippen molar-refractivity contribution in [3.05, 3.63) is 0 Å². The summed E-state index contributed by atoms with van der Waals surface area (Å²) in [6.07, 6.45) is 0. The molecule has 0 aromatic carbocycles. The van der Waals surface area contributed by atoms with Gasteiger partial charge in [0, 0.05) is 0 Å². The van der Waals surface area contributed by atoms with E-state index in [0.29, 0.717) is 0 Å². The van der Waals surface area contributed by atoms with E-state index in [0.717, 1.165) is 41.4 Å². The van der Waals surface area contributed by atoms with Crippen LogP contribution in [0, 0.1) is 41.4 Å². The van der Waals surface area contributed by atoms with Crippen molar-refractivity contribution < 1.29 is 0 Å². The van der Waals surface area contributed by atoms with Crippen molar-refractivity contribution in [3.8, 4) is 0 Å². The Kier molecular flexibility index (Phi) is 3.66. The minimum absolute atomic E-state index is 0.839. The van der Waals surface area contributed by atoms with Crippen LogP contribution in [0.25, 0.3) is 0 Å². The summed E-state index contributed by atoms with van der Waals surface area (Å²) in [5.41, 5.74) is 0. The second-order valence-corrected chi connectivity index (χ2v) is 6.22. The van der Waals surface area contributed by atoms with Gasteiger partial charge in [0.05, 0.1) is 0 Å². The predicted octanol–water partition coefficient (Wildman–Crippen LogP) is 4.45. The molecule has 1 fully saturated rings. The van der Waals surface area contributed by atoms with E-state index in [4.69, 9.17) is 0 Å². The summed E-state index contributed by atoms with van der Waals surface area (Å²) in [5, 5.41) is 0. The highest BCUT2D eigenvalue weighted by Gasteiger charge is 2.51. The summed E-state index contributed by atoms with van der Waals surface area (Å²) in [5.74, 6) is 6.51. The molecular weight excluding hydrogens is 168 g/mol. The summed E-state index contributed by atoms with van der Waals surface area (Å²) in [6, 6.07) is 0. The van der Waals surface area contributed by atoms with Gasteiger partial charge < -0.3 is 0 Å². The maximum absolute atomic E-state index is 2.47. The number of hydrogen-bond acceptors (Lipinski definition) is 0. The summed E-state index contributed by atoms with van der Waals surface area (Å²) in [6.45, 7) is 16.8. The fourth-order valence-corrected chi connectivity index (χ4v) is 3.36. The van der Waals surface area contributed by atoms with Gasteiger partial charge in [0.25, 0.3) is 0 Å². The normalized spacial score (nSPS) is 36.2. The lowest BCUT2D eigenvalue weighted by Crippen LogP contribution is -2.17. The smallest absolute Gasteiger partial charge is 0.0324 e. The van der Waals surface area contributed by atoms with Gasteiger partial charge in [-0.05, 0) is 41.4 Å². The Morgan fingerprint density at radius 2 is 1.29 bits per heavy atom. The van der Waals surface area contributed by atoms with Crippen molar-refractivity contribution in [2.75, 3.05) is 0 Å². The second kappa shape index (κ2) is 4.24. The van der Waals surface area contributed by atoms with Crippen LogP contribution in [-0.2, 0) is 0 Å². The van der Waals surface area contributed by atoms with Crippen LogP contribution in [0.4, 0.5) is 0 Å². The summed E-state index contributed by atoms with van der Waals surface area (Å²) >= 11 is 0. The van der Waals surface area contributed by atoms with Crippen LogP contribution in [0.3, 0.4) is 0 Å². The van der Waals surface area contributed by atoms with Crippen molar-refractivity contribution >= 4 is 0 Å². The van der Waals surface area contributed by atoms with Gasteiger partial charge in [-0.3, -0.25) is 0 Å². The molecule has 0 nitrogen and oxygen atoms in total. The average Bonchev–Trinajstić information content (AvgIpc) is 2.74. The van der Waals surface area contributed by atoms with Gasteiger partial charge in [0.1, 0.15) is 0 Å². The third-order valence-corrected chi connectivity index (χ3v) is 4.78. The molecule has 5 unspecified atom stereocenters. The molecule has 0 heteroatoms. The first-order valence-electron chi connectivity index (χ1n) is 6.37. The fourth-order valence-electron chi connectivity index (χ4n) is 3.36. The minimum atomic E-state index is 0.839. The Hall–Kier alpha value is 0. The SMILES string of the molecule is CC(C)C(C)C(C)C1C(C)C1C(C)C. The first-order chi connectivity index (χ1) is 6.37. The zero-order valence-corrected chi connectivity index (χ0v) is 11.0. The lowest BCUT2D eigenvalue weighted by atomic mass is 9.81. The molecular formula is C14H28. The molecule has 1 rings (SSSR count). The van der Waals surface area contributed by atoms with E-state index in [1.807, 2.05) is 0 Å². The molecule has 0 saturated heterocycles. The molecule has 84 valence electrons. The van der Waals surface area contributed by atoms with E-state index in [1.165, 1.54) is 0 Å². The highest BCUT2D eigenvalue weighted by Crippen LogP contribution is 2.56. The third-order valence-electron chi connectivity index (χ3n) is 4.78. The van der Waals surface area contributed by atoms with E-state index in [-0.39, 0.29) is 0 Å². The van der Waals surface area contributed by atoms with E-state index in [2.05, 4.69) is 48.5 Å². The first-order valence-corrected chi connectivity index (χ1v) is 6.37. The third kappa shape index (κ3) is 2.15. The summed E-state index contributed by atoms with van der Waals surface area (Å²) in [7, 11) is 0. The van der Waals surface area contributed by atoms with Gasteiger partial charge in [0.15, 0.2) is 0 Å². The van der Waals surface area contributed by atoms with Gasteiger partial charge in [-0.1, -0.05) is 48.5 Å². The van der Waals surface area contributed by atoms with Crippen LogP contribution in [0.2, 0.25) is 0 Å². The molecule has 14 heavy (non-hydrogen) atoms. The average molecular weight is 196 g/mol. The van der Waals surface area contributed by atoms with Gasteiger partial charge >= 0.3 is 0 Å². The quantitative estimate of drug-likeness (QED) is 0.623. The monoisotopic (exact) mass is 196 g/mol.